The SMILES string of the molecule is CN(C)c1ccc(-c2ccc(CN(C(=O)[C@H]3CCCCO3)c3cccc(C=CC(=O)O)c3)cc2)cc1. The molecule has 0 aromatic heterocycles. The molecule has 1 heterocycles. The maximum absolute atomic E-state index is 13.5. The normalized spacial score (nSPS) is 15.6. The molecular formula is C30H32N2O4. The number of carboxylic acids is 1. The van der Waals surface area contributed by atoms with E-state index in [1.165, 1.54) is 6.08 Å². The van der Waals surface area contributed by atoms with Crippen molar-refractivity contribution in [2.24, 2.45) is 0 Å². The van der Waals surface area contributed by atoms with Crippen molar-refractivity contribution < 1.29 is 19.4 Å². The Hall–Kier alpha value is -3.90. The first-order chi connectivity index (χ1) is 17.4. The number of hydrogen-bond donors (Lipinski definition) is 1. The quantitative estimate of drug-likeness (QED) is 0.420. The van der Waals surface area contributed by atoms with E-state index in [2.05, 4.69) is 41.3 Å². The van der Waals surface area contributed by atoms with Gasteiger partial charge in [0.25, 0.3) is 5.91 Å². The molecular weight excluding hydrogens is 452 g/mol. The highest BCUT2D eigenvalue weighted by molar-refractivity contribution is 5.97. The molecule has 0 aliphatic carbocycles. The van der Waals surface area contributed by atoms with Crippen LogP contribution in [0.3, 0.4) is 0 Å². The largest absolute Gasteiger partial charge is 0.478 e. The molecule has 4 rings (SSSR count). The van der Waals surface area contributed by atoms with E-state index in [-0.39, 0.29) is 5.91 Å². The van der Waals surface area contributed by atoms with E-state index < -0.39 is 12.1 Å². The summed E-state index contributed by atoms with van der Waals surface area (Å²) < 4.78 is 5.81. The molecule has 1 N–H and O–H groups in total. The lowest BCUT2D eigenvalue weighted by atomic mass is 10.0. The summed E-state index contributed by atoms with van der Waals surface area (Å²) in [5.41, 5.74) is 5.82. The topological polar surface area (TPSA) is 70.1 Å². The number of aliphatic carboxylic acids is 1. The van der Waals surface area contributed by atoms with Gasteiger partial charge in [0.05, 0.1) is 6.54 Å². The maximum Gasteiger partial charge on any atom is 0.328 e. The van der Waals surface area contributed by atoms with Gasteiger partial charge in [0.1, 0.15) is 6.10 Å². The van der Waals surface area contributed by atoms with E-state index in [0.717, 1.165) is 41.3 Å². The minimum absolute atomic E-state index is 0.0718. The number of carbonyl (C=O) groups excluding carboxylic acids is 1. The van der Waals surface area contributed by atoms with Gasteiger partial charge in [-0.15, -0.1) is 0 Å². The molecule has 1 fully saturated rings. The summed E-state index contributed by atoms with van der Waals surface area (Å²) >= 11 is 0. The average Bonchev–Trinajstić information content (AvgIpc) is 2.91. The predicted octanol–water partition coefficient (Wildman–Crippen LogP) is 5.62. The molecule has 0 bridgehead atoms. The molecule has 0 unspecified atom stereocenters. The van der Waals surface area contributed by atoms with E-state index >= 15 is 0 Å². The number of rotatable bonds is 8. The lowest BCUT2D eigenvalue weighted by molar-refractivity contribution is -0.133. The lowest BCUT2D eigenvalue weighted by Gasteiger charge is -2.30. The van der Waals surface area contributed by atoms with Gasteiger partial charge in [-0.05, 0) is 71.9 Å². The van der Waals surface area contributed by atoms with Crippen molar-refractivity contribution in [3.63, 3.8) is 0 Å². The minimum Gasteiger partial charge on any atom is -0.478 e. The Kier molecular flexibility index (Phi) is 8.18. The first kappa shape index (κ1) is 25.2. The van der Waals surface area contributed by atoms with Crippen molar-refractivity contribution in [1.82, 2.24) is 0 Å². The van der Waals surface area contributed by atoms with Crippen molar-refractivity contribution in [2.75, 3.05) is 30.5 Å². The molecule has 1 amide bonds. The number of amides is 1. The number of anilines is 2. The smallest absolute Gasteiger partial charge is 0.328 e. The van der Waals surface area contributed by atoms with Gasteiger partial charge in [-0.25, -0.2) is 4.79 Å². The Bertz CT molecular complexity index is 1210. The van der Waals surface area contributed by atoms with Gasteiger partial charge in [-0.1, -0.05) is 48.5 Å². The Labute approximate surface area is 212 Å². The van der Waals surface area contributed by atoms with Crippen LogP contribution in [-0.4, -0.2) is 43.8 Å². The van der Waals surface area contributed by atoms with Gasteiger partial charge < -0.3 is 19.6 Å². The zero-order valence-corrected chi connectivity index (χ0v) is 20.8. The van der Waals surface area contributed by atoms with Crippen molar-refractivity contribution in [2.45, 2.75) is 31.9 Å². The third kappa shape index (κ3) is 6.40. The van der Waals surface area contributed by atoms with Crippen LogP contribution in [0.4, 0.5) is 11.4 Å². The van der Waals surface area contributed by atoms with E-state index in [0.29, 0.717) is 30.8 Å². The van der Waals surface area contributed by atoms with Gasteiger partial charge in [0.2, 0.25) is 0 Å². The molecule has 1 aliphatic heterocycles. The first-order valence-corrected chi connectivity index (χ1v) is 12.2. The molecule has 6 nitrogen and oxygen atoms in total. The molecule has 0 radical (unpaired) electrons. The summed E-state index contributed by atoms with van der Waals surface area (Å²) in [6, 6.07) is 24.0. The summed E-state index contributed by atoms with van der Waals surface area (Å²) in [5.74, 6) is -1.09. The van der Waals surface area contributed by atoms with Gasteiger partial charge in [0, 0.05) is 38.2 Å². The molecule has 3 aromatic carbocycles. The average molecular weight is 485 g/mol. The number of benzene rings is 3. The summed E-state index contributed by atoms with van der Waals surface area (Å²) in [6.45, 7) is 0.984. The second-order valence-electron chi connectivity index (χ2n) is 9.18. The summed E-state index contributed by atoms with van der Waals surface area (Å²) in [7, 11) is 4.04. The van der Waals surface area contributed by atoms with Crippen LogP contribution in [0, 0.1) is 0 Å². The van der Waals surface area contributed by atoms with Crippen LogP contribution >= 0.6 is 0 Å². The van der Waals surface area contributed by atoms with Crippen molar-refractivity contribution in [1.29, 1.82) is 0 Å². The standard InChI is InChI=1S/C30H32N2O4/c1-31(2)26-16-14-25(15-17-26)24-12-9-23(10-13-24)21-32(30(35)28-8-3-4-19-36-28)27-7-5-6-22(20-27)11-18-29(33)34/h5-7,9-18,20,28H,3-4,8,19,21H2,1-2H3,(H,33,34)/t28-/m1/s1. The lowest BCUT2D eigenvalue weighted by Crippen LogP contribution is -2.41. The van der Waals surface area contributed by atoms with Crippen molar-refractivity contribution >= 4 is 29.3 Å². The molecule has 1 aliphatic rings. The number of nitrogens with zero attached hydrogens (tertiary/aromatic N) is 2. The van der Waals surface area contributed by atoms with Gasteiger partial charge in [-0.2, -0.15) is 0 Å². The second kappa shape index (κ2) is 11.7. The monoisotopic (exact) mass is 484 g/mol. The molecule has 0 spiro atoms. The Morgan fingerprint density at radius 2 is 1.64 bits per heavy atom. The fourth-order valence-corrected chi connectivity index (χ4v) is 4.31. The number of carbonyl (C=O) groups is 2. The highest BCUT2D eigenvalue weighted by Gasteiger charge is 2.28. The highest BCUT2D eigenvalue weighted by atomic mass is 16.5. The summed E-state index contributed by atoms with van der Waals surface area (Å²) in [4.78, 5) is 28.3. The first-order valence-electron chi connectivity index (χ1n) is 12.2. The van der Waals surface area contributed by atoms with Crippen LogP contribution in [0.5, 0.6) is 0 Å². The van der Waals surface area contributed by atoms with Gasteiger partial charge in [0.15, 0.2) is 0 Å². The van der Waals surface area contributed by atoms with Crippen molar-refractivity contribution in [3.05, 3.63) is 90.0 Å². The molecule has 186 valence electrons. The van der Waals surface area contributed by atoms with Crippen LogP contribution < -0.4 is 9.80 Å². The predicted molar refractivity (Wildman–Crippen MR) is 144 cm³/mol. The Balaban J connectivity index is 1.58. The fraction of sp³-hybridized carbons (Fsp3) is 0.267. The zero-order valence-electron chi connectivity index (χ0n) is 20.8. The van der Waals surface area contributed by atoms with Gasteiger partial charge in [-0.3, -0.25) is 4.79 Å². The summed E-state index contributed by atoms with van der Waals surface area (Å²) in [6.07, 6.45) is 4.80. The van der Waals surface area contributed by atoms with Crippen LogP contribution in [0.2, 0.25) is 0 Å². The Morgan fingerprint density at radius 1 is 0.944 bits per heavy atom. The third-order valence-electron chi connectivity index (χ3n) is 6.33. The zero-order chi connectivity index (χ0) is 25.5. The van der Waals surface area contributed by atoms with E-state index in [1.807, 2.05) is 50.5 Å². The second-order valence-corrected chi connectivity index (χ2v) is 9.18. The highest BCUT2D eigenvalue weighted by Crippen LogP contribution is 2.26. The third-order valence-corrected chi connectivity index (χ3v) is 6.33. The Morgan fingerprint density at radius 3 is 2.25 bits per heavy atom. The van der Waals surface area contributed by atoms with E-state index in [9.17, 15) is 9.59 Å². The van der Waals surface area contributed by atoms with Crippen LogP contribution in [0.25, 0.3) is 17.2 Å². The molecule has 36 heavy (non-hydrogen) atoms. The number of hydrogen-bond acceptors (Lipinski definition) is 4. The fourth-order valence-electron chi connectivity index (χ4n) is 4.31. The van der Waals surface area contributed by atoms with Crippen molar-refractivity contribution in [3.8, 4) is 11.1 Å². The molecule has 6 heteroatoms. The van der Waals surface area contributed by atoms with Crippen LogP contribution in [0.15, 0.2) is 78.9 Å². The van der Waals surface area contributed by atoms with Crippen LogP contribution in [-0.2, 0) is 20.9 Å². The van der Waals surface area contributed by atoms with Crippen LogP contribution in [0.1, 0.15) is 30.4 Å². The van der Waals surface area contributed by atoms with E-state index in [4.69, 9.17) is 9.84 Å². The number of carboxylic acid groups (broad SMARTS) is 1. The molecule has 1 atom stereocenters. The number of ether oxygens (including phenoxy) is 1. The molecule has 3 aromatic rings. The minimum atomic E-state index is -1.01. The van der Waals surface area contributed by atoms with E-state index in [1.54, 1.807) is 4.90 Å². The summed E-state index contributed by atoms with van der Waals surface area (Å²) in [5, 5.41) is 8.98. The maximum atomic E-state index is 13.5. The molecule has 1 saturated heterocycles. The molecule has 0 saturated carbocycles. The van der Waals surface area contributed by atoms with Gasteiger partial charge >= 0.3 is 5.97 Å².